The van der Waals surface area contributed by atoms with E-state index in [4.69, 9.17) is 4.74 Å². The molecule has 2 atom stereocenters. The Morgan fingerprint density at radius 1 is 1.21 bits per heavy atom. The Morgan fingerprint density at radius 2 is 1.86 bits per heavy atom. The quantitative estimate of drug-likeness (QED) is 0.703. The number of halogens is 1. The van der Waals surface area contributed by atoms with Crippen LogP contribution in [0.4, 0.5) is 5.69 Å². The van der Waals surface area contributed by atoms with Gasteiger partial charge in [-0.2, -0.15) is 0 Å². The van der Waals surface area contributed by atoms with Crippen molar-refractivity contribution in [1.82, 2.24) is 5.32 Å². The third kappa shape index (κ3) is 5.89. The van der Waals surface area contributed by atoms with Gasteiger partial charge in [0.1, 0.15) is 23.8 Å². The molecule has 0 aliphatic carbocycles. The van der Waals surface area contributed by atoms with Gasteiger partial charge in [-0.15, -0.1) is 12.4 Å². The fraction of sp³-hybridized carbons (Fsp3) is 0.409. The molecule has 0 saturated carbocycles. The number of anilines is 1. The van der Waals surface area contributed by atoms with Crippen LogP contribution in [0.3, 0.4) is 0 Å². The molecule has 3 rings (SSSR count). The molecule has 5 nitrogen and oxygen atoms in total. The Kier molecular flexibility index (Phi) is 8.00. The summed E-state index contributed by atoms with van der Waals surface area (Å²) in [6, 6.07) is 15.6. The second-order valence-electron chi connectivity index (χ2n) is 7.96. The number of ether oxygens (including phenoxy) is 1. The molecule has 1 aliphatic rings. The number of amides is 1. The van der Waals surface area contributed by atoms with E-state index in [0.29, 0.717) is 12.3 Å². The van der Waals surface area contributed by atoms with Crippen LogP contribution in [0.5, 0.6) is 5.75 Å². The highest BCUT2D eigenvalue weighted by Crippen LogP contribution is 2.52. The second kappa shape index (κ2) is 9.85. The molecular weight excluding hydrogens is 408 g/mol. The number of benzene rings is 2. The zero-order valence-corrected chi connectivity index (χ0v) is 18.8. The van der Waals surface area contributed by atoms with Crippen molar-refractivity contribution in [2.24, 2.45) is 0 Å². The van der Waals surface area contributed by atoms with Crippen LogP contribution in [0.25, 0.3) is 0 Å². The minimum absolute atomic E-state index is 0. The predicted molar refractivity (Wildman–Crippen MR) is 121 cm³/mol. The van der Waals surface area contributed by atoms with Crippen molar-refractivity contribution in [2.75, 3.05) is 18.1 Å². The average molecular weight is 437 g/mol. The smallest absolute Gasteiger partial charge is 0.225 e. The van der Waals surface area contributed by atoms with Crippen molar-refractivity contribution in [3.8, 4) is 5.75 Å². The average Bonchev–Trinajstić information content (AvgIpc) is 3.04. The molecule has 2 aromatic carbocycles. The van der Waals surface area contributed by atoms with Crippen molar-refractivity contribution in [3.05, 3.63) is 54.1 Å². The van der Waals surface area contributed by atoms with Crippen molar-refractivity contribution >= 4 is 35.8 Å². The molecule has 1 aliphatic heterocycles. The van der Waals surface area contributed by atoms with E-state index in [1.165, 1.54) is 0 Å². The van der Waals surface area contributed by atoms with Crippen molar-refractivity contribution in [1.29, 1.82) is 0 Å². The molecule has 2 unspecified atom stereocenters. The van der Waals surface area contributed by atoms with Gasteiger partial charge in [0.25, 0.3) is 0 Å². The minimum Gasteiger partial charge on any atom is -0.490 e. The van der Waals surface area contributed by atoms with Crippen LogP contribution >= 0.6 is 24.2 Å². The third-order valence-corrected chi connectivity index (χ3v) is 5.71. The van der Waals surface area contributed by atoms with Gasteiger partial charge in [0.15, 0.2) is 0 Å². The fourth-order valence-electron chi connectivity index (χ4n) is 3.08. The van der Waals surface area contributed by atoms with Crippen molar-refractivity contribution in [3.63, 3.8) is 0 Å². The molecule has 2 aromatic rings. The summed E-state index contributed by atoms with van der Waals surface area (Å²) in [5.74, 6) is 0.681. The molecule has 0 saturated heterocycles. The molecule has 158 valence electrons. The van der Waals surface area contributed by atoms with E-state index < -0.39 is 6.10 Å². The first-order valence-corrected chi connectivity index (χ1v) is 10.3. The van der Waals surface area contributed by atoms with E-state index in [-0.39, 0.29) is 35.8 Å². The third-order valence-electron chi connectivity index (χ3n) is 4.42. The largest absolute Gasteiger partial charge is 0.490 e. The number of rotatable bonds is 6. The summed E-state index contributed by atoms with van der Waals surface area (Å²) in [6.07, 6.45) is -0.621. The van der Waals surface area contributed by atoms with Gasteiger partial charge in [-0.25, -0.2) is 0 Å². The number of thioether (sulfide) groups is 1. The maximum atomic E-state index is 12.4. The van der Waals surface area contributed by atoms with Crippen LogP contribution in [0.1, 0.15) is 38.6 Å². The van der Waals surface area contributed by atoms with Crippen molar-refractivity contribution < 1.29 is 14.6 Å². The predicted octanol–water partition coefficient (Wildman–Crippen LogP) is 4.39. The minimum atomic E-state index is -0.621. The topological polar surface area (TPSA) is 61.8 Å². The Balaban J connectivity index is 0.00000300. The number of hydrogen-bond acceptors (Lipinski definition) is 5. The van der Waals surface area contributed by atoms with Crippen LogP contribution in [0, 0.1) is 0 Å². The molecule has 1 heterocycles. The van der Waals surface area contributed by atoms with Gasteiger partial charge in [0.2, 0.25) is 5.91 Å². The number of nitrogens with one attached hydrogen (secondary N) is 1. The number of aliphatic hydroxyl groups is 1. The van der Waals surface area contributed by atoms with Crippen LogP contribution in [0.15, 0.2) is 53.4 Å². The summed E-state index contributed by atoms with van der Waals surface area (Å²) in [5.41, 5.74) is 1.79. The van der Waals surface area contributed by atoms with Crippen LogP contribution in [0.2, 0.25) is 0 Å². The number of β-amino-alcohol motifs (C(OH)–C–C–N with tert-alkyl or cyclic N) is 1. The lowest BCUT2D eigenvalue weighted by Gasteiger charge is -2.26. The molecule has 0 radical (unpaired) electrons. The highest BCUT2D eigenvalue weighted by molar-refractivity contribution is 8.00. The Labute approximate surface area is 183 Å². The van der Waals surface area contributed by atoms with E-state index >= 15 is 0 Å². The van der Waals surface area contributed by atoms with E-state index in [1.807, 2.05) is 48.5 Å². The number of carbonyl (C=O) groups excluding carboxylic acids is 1. The molecule has 2 N–H and O–H groups in total. The van der Waals surface area contributed by atoms with Crippen LogP contribution < -0.4 is 15.0 Å². The number of nitrogens with zero attached hydrogens (tertiary/aromatic N) is 1. The molecule has 0 spiro atoms. The first-order valence-electron chi connectivity index (χ1n) is 9.46. The fourth-order valence-corrected chi connectivity index (χ4v) is 4.45. The Morgan fingerprint density at radius 3 is 2.55 bits per heavy atom. The lowest BCUT2D eigenvalue weighted by atomic mass is 10.1. The number of hydrogen-bond donors (Lipinski definition) is 2. The molecule has 7 heteroatoms. The maximum Gasteiger partial charge on any atom is 0.225 e. The van der Waals surface area contributed by atoms with Crippen LogP contribution in [-0.2, 0) is 4.79 Å². The van der Waals surface area contributed by atoms with Gasteiger partial charge in [0.05, 0.1) is 5.69 Å². The van der Waals surface area contributed by atoms with Gasteiger partial charge in [0, 0.05) is 29.5 Å². The Bertz CT molecular complexity index is 841. The Hall–Kier alpha value is -1.73. The van der Waals surface area contributed by atoms with E-state index in [1.54, 1.807) is 23.6 Å². The number of para-hydroxylation sites is 2. The summed E-state index contributed by atoms with van der Waals surface area (Å²) < 4.78 is 5.96. The normalized spacial score (nSPS) is 16.7. The van der Waals surface area contributed by atoms with Gasteiger partial charge in [-0.05, 0) is 39.0 Å². The van der Waals surface area contributed by atoms with Gasteiger partial charge in [-0.1, -0.05) is 42.1 Å². The summed E-state index contributed by atoms with van der Waals surface area (Å²) in [6.45, 7) is 8.39. The first kappa shape index (κ1) is 23.5. The summed E-state index contributed by atoms with van der Waals surface area (Å²) >= 11 is 1.64. The molecule has 0 aromatic heterocycles. The molecular formula is C22H29ClN2O3S. The lowest BCUT2D eigenvalue weighted by molar-refractivity contribution is -0.116. The lowest BCUT2D eigenvalue weighted by Crippen LogP contribution is -2.42. The highest BCUT2D eigenvalue weighted by Gasteiger charge is 2.35. The van der Waals surface area contributed by atoms with Gasteiger partial charge >= 0.3 is 0 Å². The number of aliphatic hydroxyl groups excluding tert-OH is 1. The molecule has 0 bridgehead atoms. The second-order valence-corrected chi connectivity index (χ2v) is 9.08. The van der Waals surface area contributed by atoms with Crippen LogP contribution in [-0.4, -0.2) is 35.8 Å². The van der Waals surface area contributed by atoms with Gasteiger partial charge < -0.3 is 15.2 Å². The molecule has 29 heavy (non-hydrogen) atoms. The number of fused-ring (bicyclic) bond motifs is 1. The summed E-state index contributed by atoms with van der Waals surface area (Å²) in [4.78, 5) is 15.3. The molecule has 0 fully saturated rings. The number of carbonyl (C=O) groups is 1. The summed E-state index contributed by atoms with van der Waals surface area (Å²) in [5, 5.41) is 13.3. The van der Waals surface area contributed by atoms with Gasteiger partial charge in [-0.3, -0.25) is 9.69 Å². The van der Waals surface area contributed by atoms with E-state index in [0.717, 1.165) is 16.1 Å². The zero-order chi connectivity index (χ0) is 20.3. The highest BCUT2D eigenvalue weighted by atomic mass is 35.5. The zero-order valence-electron chi connectivity index (χ0n) is 17.2. The standard InChI is InChI=1S/C22H28N2O3S.ClH/c1-15(25)24-18-10-6-8-12-20(18)28-21(24)17-9-5-7-11-19(17)27-14-16(26)13-23-22(2,3)4;/h5-12,16,21,23,26H,13-14H2,1-4H3;1H. The summed E-state index contributed by atoms with van der Waals surface area (Å²) in [7, 11) is 0. The van der Waals surface area contributed by atoms with E-state index in [2.05, 4.69) is 26.1 Å². The molecule has 1 amide bonds. The SMILES string of the molecule is CC(=O)N1c2ccccc2SC1c1ccccc1OCC(O)CNC(C)(C)C.Cl. The monoisotopic (exact) mass is 436 g/mol. The van der Waals surface area contributed by atoms with E-state index in [9.17, 15) is 9.90 Å². The first-order chi connectivity index (χ1) is 13.3. The maximum absolute atomic E-state index is 12.4. The van der Waals surface area contributed by atoms with Crippen molar-refractivity contribution in [2.45, 2.75) is 49.6 Å².